The highest BCUT2D eigenvalue weighted by Crippen LogP contribution is 2.10. The lowest BCUT2D eigenvalue weighted by Gasteiger charge is -2.07. The zero-order valence-electron chi connectivity index (χ0n) is 11.4. The Morgan fingerprint density at radius 3 is 2.33 bits per heavy atom. The van der Waals surface area contributed by atoms with Crippen LogP contribution in [0.25, 0.3) is 0 Å². The first kappa shape index (κ1) is 15.1. The Bertz CT molecular complexity index is 627. The molecular formula is C16H16F2N2O. The minimum absolute atomic E-state index is 0.118. The van der Waals surface area contributed by atoms with E-state index in [9.17, 15) is 13.6 Å². The van der Waals surface area contributed by atoms with Gasteiger partial charge in [-0.3, -0.25) is 4.79 Å². The summed E-state index contributed by atoms with van der Waals surface area (Å²) in [6, 6.07) is 10.7. The van der Waals surface area contributed by atoms with Crippen molar-refractivity contribution in [3.05, 3.63) is 70.8 Å². The molecule has 0 saturated heterocycles. The van der Waals surface area contributed by atoms with Gasteiger partial charge in [0.2, 0.25) is 5.91 Å². The van der Waals surface area contributed by atoms with Gasteiger partial charge in [0.1, 0.15) is 11.6 Å². The molecule has 2 aromatic rings. The van der Waals surface area contributed by atoms with Crippen LogP contribution < -0.4 is 11.1 Å². The molecule has 1 amide bonds. The first-order valence-electron chi connectivity index (χ1n) is 6.57. The highest BCUT2D eigenvalue weighted by atomic mass is 19.1. The summed E-state index contributed by atoms with van der Waals surface area (Å²) in [5, 5.41) is 2.70. The number of carbonyl (C=O) groups excluding carboxylic acids is 1. The van der Waals surface area contributed by atoms with Crippen molar-refractivity contribution in [3.8, 4) is 0 Å². The lowest BCUT2D eigenvalue weighted by molar-refractivity contribution is -0.120. The lowest BCUT2D eigenvalue weighted by Crippen LogP contribution is -2.25. The van der Waals surface area contributed by atoms with Gasteiger partial charge in [-0.25, -0.2) is 8.78 Å². The molecule has 0 spiro atoms. The van der Waals surface area contributed by atoms with Crippen LogP contribution in [0.3, 0.4) is 0 Å². The molecule has 3 nitrogen and oxygen atoms in total. The molecule has 2 rings (SSSR count). The Balaban J connectivity index is 1.89. The summed E-state index contributed by atoms with van der Waals surface area (Å²) in [6.07, 6.45) is -0.118. The first-order chi connectivity index (χ1) is 10.1. The standard InChI is InChI=1S/C16H16F2N2O/c17-14-6-5-13(15(18)8-14)7-16(21)20-10-12-3-1-11(9-19)2-4-12/h1-6,8H,7,9-10,19H2,(H,20,21). The summed E-state index contributed by atoms with van der Waals surface area (Å²) in [7, 11) is 0. The third kappa shape index (κ3) is 4.36. The van der Waals surface area contributed by atoms with Crippen LogP contribution in [0.5, 0.6) is 0 Å². The Labute approximate surface area is 121 Å². The quantitative estimate of drug-likeness (QED) is 0.887. The molecule has 21 heavy (non-hydrogen) atoms. The number of rotatable bonds is 5. The summed E-state index contributed by atoms with van der Waals surface area (Å²) >= 11 is 0. The van der Waals surface area contributed by atoms with E-state index >= 15 is 0 Å². The largest absolute Gasteiger partial charge is 0.352 e. The molecule has 0 fully saturated rings. The maximum Gasteiger partial charge on any atom is 0.224 e. The van der Waals surface area contributed by atoms with Crippen LogP contribution >= 0.6 is 0 Å². The van der Waals surface area contributed by atoms with Crippen molar-refractivity contribution in [2.45, 2.75) is 19.5 Å². The molecular weight excluding hydrogens is 274 g/mol. The van der Waals surface area contributed by atoms with Crippen LogP contribution in [0.1, 0.15) is 16.7 Å². The summed E-state index contributed by atoms with van der Waals surface area (Å²) in [5.74, 6) is -1.68. The molecule has 0 unspecified atom stereocenters. The molecule has 0 aromatic heterocycles. The van der Waals surface area contributed by atoms with Gasteiger partial charge in [-0.15, -0.1) is 0 Å². The third-order valence-corrected chi connectivity index (χ3v) is 3.11. The average molecular weight is 290 g/mol. The van der Waals surface area contributed by atoms with Gasteiger partial charge in [-0.2, -0.15) is 0 Å². The van der Waals surface area contributed by atoms with Gasteiger partial charge in [0.25, 0.3) is 0 Å². The van der Waals surface area contributed by atoms with Crippen molar-refractivity contribution < 1.29 is 13.6 Å². The number of carbonyl (C=O) groups is 1. The Morgan fingerprint density at radius 2 is 1.71 bits per heavy atom. The van der Waals surface area contributed by atoms with Crippen molar-refractivity contribution >= 4 is 5.91 Å². The predicted molar refractivity (Wildman–Crippen MR) is 76.2 cm³/mol. The normalized spacial score (nSPS) is 10.4. The highest BCUT2D eigenvalue weighted by Gasteiger charge is 2.09. The second-order valence-corrected chi connectivity index (χ2v) is 4.71. The molecule has 0 aliphatic heterocycles. The number of benzene rings is 2. The van der Waals surface area contributed by atoms with E-state index < -0.39 is 11.6 Å². The fraction of sp³-hybridized carbons (Fsp3) is 0.188. The topological polar surface area (TPSA) is 55.1 Å². The van der Waals surface area contributed by atoms with Gasteiger partial charge < -0.3 is 11.1 Å². The molecule has 0 atom stereocenters. The number of nitrogens with one attached hydrogen (secondary N) is 1. The molecule has 2 aromatic carbocycles. The van der Waals surface area contributed by atoms with Crippen LogP contribution in [0, 0.1) is 11.6 Å². The minimum Gasteiger partial charge on any atom is -0.352 e. The van der Waals surface area contributed by atoms with Crippen LogP contribution in [-0.4, -0.2) is 5.91 Å². The summed E-state index contributed by atoms with van der Waals surface area (Å²) < 4.78 is 26.2. The minimum atomic E-state index is -0.711. The maximum absolute atomic E-state index is 13.4. The first-order valence-corrected chi connectivity index (χ1v) is 6.57. The smallest absolute Gasteiger partial charge is 0.224 e. The van der Waals surface area contributed by atoms with E-state index in [-0.39, 0.29) is 17.9 Å². The van der Waals surface area contributed by atoms with Crippen molar-refractivity contribution in [3.63, 3.8) is 0 Å². The van der Waals surface area contributed by atoms with Crippen molar-refractivity contribution in [2.75, 3.05) is 0 Å². The van der Waals surface area contributed by atoms with Gasteiger partial charge in [-0.05, 0) is 22.8 Å². The SMILES string of the molecule is NCc1ccc(CNC(=O)Cc2ccc(F)cc2F)cc1. The van der Waals surface area contributed by atoms with Crippen molar-refractivity contribution in [1.82, 2.24) is 5.32 Å². The van der Waals surface area contributed by atoms with E-state index in [4.69, 9.17) is 5.73 Å². The predicted octanol–water partition coefficient (Wildman–Crippen LogP) is 2.28. The lowest BCUT2D eigenvalue weighted by atomic mass is 10.1. The van der Waals surface area contributed by atoms with Gasteiger partial charge in [-0.1, -0.05) is 30.3 Å². The third-order valence-electron chi connectivity index (χ3n) is 3.11. The van der Waals surface area contributed by atoms with E-state index in [1.807, 2.05) is 24.3 Å². The van der Waals surface area contributed by atoms with E-state index in [0.29, 0.717) is 13.1 Å². The summed E-state index contributed by atoms with van der Waals surface area (Å²) in [5.41, 5.74) is 7.62. The zero-order valence-corrected chi connectivity index (χ0v) is 11.4. The van der Waals surface area contributed by atoms with E-state index in [0.717, 1.165) is 23.3 Å². The summed E-state index contributed by atoms with van der Waals surface area (Å²) in [6.45, 7) is 0.822. The van der Waals surface area contributed by atoms with Crippen LogP contribution in [0.15, 0.2) is 42.5 Å². The van der Waals surface area contributed by atoms with Crippen LogP contribution in [0.4, 0.5) is 8.78 Å². The van der Waals surface area contributed by atoms with Gasteiger partial charge in [0.15, 0.2) is 0 Å². The maximum atomic E-state index is 13.4. The van der Waals surface area contributed by atoms with E-state index in [1.54, 1.807) is 0 Å². The van der Waals surface area contributed by atoms with Crippen LogP contribution in [0.2, 0.25) is 0 Å². The second-order valence-electron chi connectivity index (χ2n) is 4.71. The Kier molecular flexibility index (Phi) is 5.00. The molecule has 0 heterocycles. The fourth-order valence-electron chi connectivity index (χ4n) is 1.89. The molecule has 0 aliphatic rings. The molecule has 5 heteroatoms. The molecule has 0 saturated carbocycles. The number of hydrogen-bond acceptors (Lipinski definition) is 2. The Morgan fingerprint density at radius 1 is 1.05 bits per heavy atom. The van der Waals surface area contributed by atoms with Crippen molar-refractivity contribution in [1.29, 1.82) is 0 Å². The molecule has 3 N–H and O–H groups in total. The monoisotopic (exact) mass is 290 g/mol. The summed E-state index contributed by atoms with van der Waals surface area (Å²) in [4.78, 5) is 11.8. The second kappa shape index (κ2) is 6.95. The van der Waals surface area contributed by atoms with E-state index in [2.05, 4.69) is 5.32 Å². The zero-order chi connectivity index (χ0) is 15.2. The molecule has 0 radical (unpaired) electrons. The number of halogens is 2. The van der Waals surface area contributed by atoms with Crippen LogP contribution in [-0.2, 0) is 24.3 Å². The van der Waals surface area contributed by atoms with E-state index in [1.165, 1.54) is 6.07 Å². The fourth-order valence-corrected chi connectivity index (χ4v) is 1.89. The average Bonchev–Trinajstić information content (AvgIpc) is 2.48. The Hall–Kier alpha value is -2.27. The van der Waals surface area contributed by atoms with Gasteiger partial charge in [0, 0.05) is 19.2 Å². The van der Waals surface area contributed by atoms with Crippen molar-refractivity contribution in [2.24, 2.45) is 5.73 Å². The molecule has 0 bridgehead atoms. The highest BCUT2D eigenvalue weighted by molar-refractivity contribution is 5.78. The van der Waals surface area contributed by atoms with Gasteiger partial charge >= 0.3 is 0 Å². The van der Waals surface area contributed by atoms with Gasteiger partial charge in [0.05, 0.1) is 6.42 Å². The molecule has 0 aliphatic carbocycles. The number of hydrogen-bond donors (Lipinski definition) is 2. The number of nitrogens with two attached hydrogens (primary N) is 1. The number of amides is 1. The molecule has 110 valence electrons.